The number of nitro groups is 1. The van der Waals surface area contributed by atoms with Gasteiger partial charge in [-0.05, 0) is 26.0 Å². The van der Waals surface area contributed by atoms with Crippen molar-refractivity contribution in [3.8, 4) is 17.4 Å². The van der Waals surface area contributed by atoms with E-state index in [1.165, 1.54) is 12.1 Å². The number of hydrogen-bond donors (Lipinski definition) is 0. The van der Waals surface area contributed by atoms with Crippen LogP contribution in [0.3, 0.4) is 0 Å². The van der Waals surface area contributed by atoms with E-state index in [0.717, 1.165) is 0 Å². The molecular weight excluding hydrogens is 312 g/mol. The number of rotatable bonds is 5. The number of esters is 1. The molecule has 0 atom stereocenters. The van der Waals surface area contributed by atoms with Gasteiger partial charge in [-0.25, -0.2) is 4.79 Å². The van der Waals surface area contributed by atoms with E-state index in [2.05, 4.69) is 0 Å². The minimum absolute atomic E-state index is 0.00905. The zero-order valence-corrected chi connectivity index (χ0v) is 13.1. The summed E-state index contributed by atoms with van der Waals surface area (Å²) in [6, 6.07) is 9.68. The first-order valence-electron chi connectivity index (χ1n) is 7.10. The van der Waals surface area contributed by atoms with E-state index >= 15 is 0 Å². The Morgan fingerprint density at radius 3 is 2.79 bits per heavy atom. The minimum atomic E-state index is -0.732. The minimum Gasteiger partial charge on any atom is -0.462 e. The maximum atomic E-state index is 11.6. The van der Waals surface area contributed by atoms with Crippen LogP contribution in [0.2, 0.25) is 0 Å². The molecule has 0 aliphatic rings. The number of aryl methyl sites for hydroxylation is 1. The summed E-state index contributed by atoms with van der Waals surface area (Å²) in [6.07, 6.45) is 1.27. The van der Waals surface area contributed by atoms with Crippen LogP contribution in [0.5, 0.6) is 0 Å². The lowest BCUT2D eigenvalue weighted by molar-refractivity contribution is -0.385. The predicted molar refractivity (Wildman–Crippen MR) is 85.8 cm³/mol. The lowest BCUT2D eigenvalue weighted by Crippen LogP contribution is -2.05. The molecule has 24 heavy (non-hydrogen) atoms. The van der Waals surface area contributed by atoms with Gasteiger partial charge in [0.2, 0.25) is 0 Å². The summed E-state index contributed by atoms with van der Waals surface area (Å²) in [6.45, 7) is 3.45. The van der Waals surface area contributed by atoms with Crippen molar-refractivity contribution < 1.29 is 18.9 Å². The number of carbonyl (C=O) groups excluding carboxylic acids is 1. The molecule has 0 aliphatic heterocycles. The van der Waals surface area contributed by atoms with Gasteiger partial charge in [-0.2, -0.15) is 5.26 Å². The van der Waals surface area contributed by atoms with Crippen LogP contribution in [0.1, 0.15) is 18.2 Å². The third-order valence-corrected chi connectivity index (χ3v) is 3.22. The summed E-state index contributed by atoms with van der Waals surface area (Å²) in [7, 11) is 0. The normalized spacial score (nSPS) is 11.0. The second kappa shape index (κ2) is 7.24. The number of carbonyl (C=O) groups is 1. The molecule has 0 saturated heterocycles. The van der Waals surface area contributed by atoms with Crippen LogP contribution in [0.25, 0.3) is 17.4 Å². The molecule has 2 rings (SSSR count). The Balaban J connectivity index is 2.34. The number of hydrogen-bond acceptors (Lipinski definition) is 6. The summed E-state index contributed by atoms with van der Waals surface area (Å²) in [4.78, 5) is 22.1. The average molecular weight is 326 g/mol. The highest BCUT2D eigenvalue weighted by Crippen LogP contribution is 2.28. The number of nitriles is 1. The molecule has 0 radical (unpaired) electrons. The van der Waals surface area contributed by atoms with Crippen LogP contribution in [-0.2, 0) is 9.53 Å². The lowest BCUT2D eigenvalue weighted by atomic mass is 10.1. The van der Waals surface area contributed by atoms with E-state index in [1.807, 2.05) is 0 Å². The fourth-order valence-corrected chi connectivity index (χ4v) is 2.03. The van der Waals surface area contributed by atoms with E-state index in [1.54, 1.807) is 44.2 Å². The summed E-state index contributed by atoms with van der Waals surface area (Å²) < 4.78 is 10.3. The van der Waals surface area contributed by atoms with Gasteiger partial charge in [0.15, 0.2) is 0 Å². The second-order valence-electron chi connectivity index (χ2n) is 4.85. The van der Waals surface area contributed by atoms with Crippen molar-refractivity contribution in [2.45, 2.75) is 13.8 Å². The topological polar surface area (TPSA) is 106 Å². The molecule has 0 spiro atoms. The SMILES string of the molecule is CCOC(=O)/C(C#N)=C\c1ccc(-c2ccc(C)c([N+](=O)[O-])c2)o1. The molecule has 0 bridgehead atoms. The molecule has 2 aromatic rings. The maximum Gasteiger partial charge on any atom is 0.349 e. The highest BCUT2D eigenvalue weighted by atomic mass is 16.6. The van der Waals surface area contributed by atoms with Crippen LogP contribution in [-0.4, -0.2) is 17.5 Å². The highest BCUT2D eigenvalue weighted by molar-refractivity contribution is 5.97. The van der Waals surface area contributed by atoms with Gasteiger partial charge in [0.25, 0.3) is 5.69 Å². The van der Waals surface area contributed by atoms with Crippen molar-refractivity contribution in [3.05, 3.63) is 57.3 Å². The molecule has 122 valence electrons. The van der Waals surface area contributed by atoms with Gasteiger partial charge in [-0.15, -0.1) is 0 Å². The fraction of sp³-hybridized carbons (Fsp3) is 0.176. The van der Waals surface area contributed by atoms with Gasteiger partial charge < -0.3 is 9.15 Å². The monoisotopic (exact) mass is 326 g/mol. The summed E-state index contributed by atoms with van der Waals surface area (Å²) >= 11 is 0. The Labute approximate surface area is 137 Å². The number of nitrogens with zero attached hydrogens (tertiary/aromatic N) is 2. The van der Waals surface area contributed by atoms with Crippen LogP contribution >= 0.6 is 0 Å². The zero-order chi connectivity index (χ0) is 17.7. The predicted octanol–water partition coefficient (Wildman–Crippen LogP) is 3.63. The lowest BCUT2D eigenvalue weighted by Gasteiger charge is -2.00. The van der Waals surface area contributed by atoms with Crippen LogP contribution in [0, 0.1) is 28.4 Å². The standard InChI is InChI=1S/C17H14N2O5/c1-3-23-17(20)13(10-18)8-14-6-7-16(24-14)12-5-4-11(2)15(9-12)19(21)22/h4-9H,3H2,1-2H3/b13-8-. The molecule has 0 N–H and O–H groups in total. The second-order valence-corrected chi connectivity index (χ2v) is 4.85. The Morgan fingerprint density at radius 2 is 2.17 bits per heavy atom. The van der Waals surface area contributed by atoms with Crippen molar-refractivity contribution in [3.63, 3.8) is 0 Å². The third-order valence-electron chi connectivity index (χ3n) is 3.22. The largest absolute Gasteiger partial charge is 0.462 e. The first kappa shape index (κ1) is 17.0. The van der Waals surface area contributed by atoms with Crippen molar-refractivity contribution in [2.75, 3.05) is 6.61 Å². The Morgan fingerprint density at radius 1 is 1.42 bits per heavy atom. The fourth-order valence-electron chi connectivity index (χ4n) is 2.03. The summed E-state index contributed by atoms with van der Waals surface area (Å²) in [5, 5.41) is 20.0. The van der Waals surface area contributed by atoms with Gasteiger partial charge in [0.1, 0.15) is 23.2 Å². The maximum absolute atomic E-state index is 11.6. The smallest absolute Gasteiger partial charge is 0.349 e. The molecule has 1 aromatic heterocycles. The van der Waals surface area contributed by atoms with Gasteiger partial charge in [0.05, 0.1) is 11.5 Å². The average Bonchev–Trinajstić information content (AvgIpc) is 3.01. The molecule has 0 aliphatic carbocycles. The molecule has 0 saturated carbocycles. The van der Waals surface area contributed by atoms with E-state index in [4.69, 9.17) is 14.4 Å². The molecule has 0 unspecified atom stereocenters. The van der Waals surface area contributed by atoms with Crippen molar-refractivity contribution in [1.29, 1.82) is 5.26 Å². The summed E-state index contributed by atoms with van der Waals surface area (Å²) in [5.74, 6) is -0.0627. The molecular formula is C17H14N2O5. The summed E-state index contributed by atoms with van der Waals surface area (Å²) in [5.41, 5.74) is 0.879. The first-order chi connectivity index (χ1) is 11.5. The Bertz CT molecular complexity index is 858. The number of furan rings is 1. The van der Waals surface area contributed by atoms with Crippen LogP contribution < -0.4 is 0 Å². The van der Waals surface area contributed by atoms with Crippen molar-refractivity contribution in [1.82, 2.24) is 0 Å². The molecule has 7 nitrogen and oxygen atoms in total. The van der Waals surface area contributed by atoms with E-state index in [9.17, 15) is 14.9 Å². The number of ether oxygens (including phenoxy) is 1. The zero-order valence-electron chi connectivity index (χ0n) is 13.1. The number of benzene rings is 1. The first-order valence-corrected chi connectivity index (χ1v) is 7.10. The quantitative estimate of drug-likeness (QED) is 0.273. The van der Waals surface area contributed by atoms with E-state index in [0.29, 0.717) is 16.9 Å². The Kier molecular flexibility index (Phi) is 5.12. The molecule has 1 heterocycles. The molecule has 1 aromatic carbocycles. The Hall–Kier alpha value is -3.40. The molecule has 7 heteroatoms. The van der Waals surface area contributed by atoms with Crippen molar-refractivity contribution in [2.24, 2.45) is 0 Å². The molecule has 0 fully saturated rings. The van der Waals surface area contributed by atoms with Crippen molar-refractivity contribution >= 4 is 17.7 Å². The third kappa shape index (κ3) is 3.67. The van der Waals surface area contributed by atoms with Gasteiger partial charge in [-0.3, -0.25) is 10.1 Å². The van der Waals surface area contributed by atoms with Crippen LogP contribution in [0.4, 0.5) is 5.69 Å². The van der Waals surface area contributed by atoms with Gasteiger partial charge in [-0.1, -0.05) is 12.1 Å². The van der Waals surface area contributed by atoms with Gasteiger partial charge >= 0.3 is 5.97 Å². The van der Waals surface area contributed by atoms with E-state index < -0.39 is 10.9 Å². The molecule has 0 amide bonds. The highest BCUT2D eigenvalue weighted by Gasteiger charge is 2.15. The number of nitro benzene ring substituents is 1. The van der Waals surface area contributed by atoms with Crippen LogP contribution in [0.15, 0.2) is 40.3 Å². The van der Waals surface area contributed by atoms with E-state index in [-0.39, 0.29) is 23.6 Å². The van der Waals surface area contributed by atoms with Gasteiger partial charge in [0, 0.05) is 23.3 Å².